The maximum absolute atomic E-state index is 11.4. The molecule has 2 fully saturated rings. The monoisotopic (exact) mass is 272 g/mol. The molecule has 0 aromatic heterocycles. The number of amidine groups is 1. The van der Waals surface area contributed by atoms with E-state index in [-0.39, 0.29) is 17.0 Å². The summed E-state index contributed by atoms with van der Waals surface area (Å²) in [5.74, 6) is 1.33. The zero-order chi connectivity index (χ0) is 14.0. The fraction of sp³-hybridized carbons (Fsp3) is 0.667. The highest BCUT2D eigenvalue weighted by molar-refractivity contribution is 5.97. The van der Waals surface area contributed by atoms with Crippen LogP contribution in [0.5, 0.6) is 0 Å². The number of hydrogen-bond acceptors (Lipinski definition) is 4. The number of aliphatic imine (C=N–C) groups is 2. The molecule has 0 aromatic rings. The van der Waals surface area contributed by atoms with Crippen molar-refractivity contribution in [3.8, 4) is 0 Å². The van der Waals surface area contributed by atoms with E-state index in [1.54, 1.807) is 6.92 Å². The highest BCUT2D eigenvalue weighted by atomic mass is 16.2. The molecule has 0 N–H and O–H groups in total. The number of hydrogen-bond donors (Lipinski definition) is 0. The van der Waals surface area contributed by atoms with Crippen molar-refractivity contribution in [2.24, 2.45) is 9.98 Å². The van der Waals surface area contributed by atoms with Crippen LogP contribution in [0.1, 0.15) is 33.1 Å². The lowest BCUT2D eigenvalue weighted by atomic mass is 9.99. The van der Waals surface area contributed by atoms with Gasteiger partial charge in [-0.2, -0.15) is 0 Å². The van der Waals surface area contributed by atoms with Crippen molar-refractivity contribution in [1.29, 1.82) is 0 Å². The summed E-state index contributed by atoms with van der Waals surface area (Å²) in [6, 6.07) is 0.483. The van der Waals surface area contributed by atoms with E-state index in [2.05, 4.69) is 29.1 Å². The molecule has 4 aliphatic rings. The minimum absolute atomic E-state index is 0.00882. The molecule has 0 radical (unpaired) electrons. The lowest BCUT2D eigenvalue weighted by molar-refractivity contribution is -0.130. The van der Waals surface area contributed by atoms with Crippen molar-refractivity contribution >= 4 is 18.0 Å². The van der Waals surface area contributed by atoms with E-state index < -0.39 is 0 Å². The molecule has 1 amide bonds. The molecule has 20 heavy (non-hydrogen) atoms. The van der Waals surface area contributed by atoms with E-state index in [0.717, 1.165) is 38.2 Å². The molecule has 3 aliphatic heterocycles. The fourth-order valence-corrected chi connectivity index (χ4v) is 4.25. The first kappa shape index (κ1) is 12.1. The Morgan fingerprint density at radius 2 is 2.15 bits per heavy atom. The molecule has 1 saturated heterocycles. The Balaban J connectivity index is 1.56. The van der Waals surface area contributed by atoms with E-state index in [1.807, 2.05) is 11.1 Å². The van der Waals surface area contributed by atoms with E-state index >= 15 is 0 Å². The molecule has 5 nitrogen and oxygen atoms in total. The molecule has 0 spiro atoms. The first-order valence-electron chi connectivity index (χ1n) is 7.41. The lowest BCUT2D eigenvalue weighted by Gasteiger charge is -2.41. The first-order valence-corrected chi connectivity index (χ1v) is 7.41. The summed E-state index contributed by atoms with van der Waals surface area (Å²) in [5.41, 5.74) is -0.0224. The van der Waals surface area contributed by atoms with Gasteiger partial charge in [-0.1, -0.05) is 0 Å². The maximum Gasteiger partial charge on any atom is 0.219 e. The first-order chi connectivity index (χ1) is 9.58. The topological polar surface area (TPSA) is 48.3 Å². The molecular weight excluding hydrogens is 252 g/mol. The number of carbonyl (C=O) groups is 1. The third kappa shape index (κ3) is 1.35. The largest absolute Gasteiger partial charge is 0.344 e. The minimum Gasteiger partial charge on any atom is -0.344 e. The van der Waals surface area contributed by atoms with Crippen molar-refractivity contribution in [3.63, 3.8) is 0 Å². The zero-order valence-corrected chi connectivity index (χ0v) is 12.0. The van der Waals surface area contributed by atoms with Gasteiger partial charge < -0.3 is 9.80 Å². The SMILES string of the molecule is CC(=O)N1CCC(N2C(C)=NC34C=CN=CC23C4)CC1. The second kappa shape index (κ2) is 3.71. The van der Waals surface area contributed by atoms with Crippen molar-refractivity contribution in [2.75, 3.05) is 13.1 Å². The number of piperidine rings is 1. The Bertz CT molecular complexity index is 558. The van der Waals surface area contributed by atoms with Crippen LogP contribution in [0.3, 0.4) is 0 Å². The summed E-state index contributed by atoms with van der Waals surface area (Å²) < 4.78 is 0. The van der Waals surface area contributed by atoms with Gasteiger partial charge in [-0.05, 0) is 25.8 Å². The van der Waals surface area contributed by atoms with Crippen LogP contribution in [0.4, 0.5) is 0 Å². The number of carbonyl (C=O) groups excluding carboxylic acids is 1. The van der Waals surface area contributed by atoms with Gasteiger partial charge in [0.25, 0.3) is 0 Å². The van der Waals surface area contributed by atoms with Gasteiger partial charge >= 0.3 is 0 Å². The average molecular weight is 272 g/mol. The van der Waals surface area contributed by atoms with Crippen LogP contribution in [-0.2, 0) is 4.79 Å². The van der Waals surface area contributed by atoms with Crippen molar-refractivity contribution in [3.05, 3.63) is 12.3 Å². The van der Waals surface area contributed by atoms with Crippen LogP contribution in [0.15, 0.2) is 22.3 Å². The van der Waals surface area contributed by atoms with Gasteiger partial charge in [0.05, 0.1) is 5.84 Å². The van der Waals surface area contributed by atoms with Gasteiger partial charge in [0.1, 0.15) is 11.1 Å². The van der Waals surface area contributed by atoms with Crippen LogP contribution >= 0.6 is 0 Å². The Morgan fingerprint density at radius 1 is 1.40 bits per heavy atom. The molecule has 0 bridgehead atoms. The smallest absolute Gasteiger partial charge is 0.219 e. The van der Waals surface area contributed by atoms with Gasteiger partial charge in [-0.25, -0.2) is 0 Å². The Morgan fingerprint density at radius 3 is 2.85 bits per heavy atom. The quantitative estimate of drug-likeness (QED) is 0.720. The normalized spacial score (nSPS) is 38.6. The minimum atomic E-state index is -0.0312. The van der Waals surface area contributed by atoms with Gasteiger partial charge in [-0.3, -0.25) is 14.8 Å². The molecular formula is C15H20N4O. The predicted molar refractivity (Wildman–Crippen MR) is 77.9 cm³/mol. The number of amides is 1. The Hall–Kier alpha value is -1.65. The number of nitrogens with zero attached hydrogens (tertiary/aromatic N) is 4. The maximum atomic E-state index is 11.4. The Kier molecular flexibility index (Phi) is 2.25. The van der Waals surface area contributed by atoms with Crippen molar-refractivity contribution in [2.45, 2.75) is 50.2 Å². The molecule has 4 rings (SSSR count). The van der Waals surface area contributed by atoms with Crippen molar-refractivity contribution in [1.82, 2.24) is 9.80 Å². The summed E-state index contributed by atoms with van der Waals surface area (Å²) in [6.07, 6.45) is 9.24. The number of likely N-dealkylation sites (tertiary alicyclic amines) is 1. The van der Waals surface area contributed by atoms with Gasteiger partial charge in [0, 0.05) is 44.9 Å². The lowest BCUT2D eigenvalue weighted by Crippen LogP contribution is -2.53. The van der Waals surface area contributed by atoms with Crippen molar-refractivity contribution < 1.29 is 4.79 Å². The molecule has 5 heteroatoms. The standard InChI is InChI=1S/C15H20N4O/c1-11-17-14-5-6-16-10-15(14,9-14)19(11)13-3-7-18(8-4-13)12(2)20/h5-6,10,13H,3-4,7-9H2,1-2H3. The molecule has 2 unspecified atom stereocenters. The molecule has 1 aliphatic carbocycles. The molecule has 3 heterocycles. The molecule has 1 saturated carbocycles. The average Bonchev–Trinajstić information content (AvgIpc) is 3.00. The third-order valence-electron chi connectivity index (χ3n) is 5.30. The summed E-state index contributed by atoms with van der Waals surface area (Å²) in [5, 5.41) is 0. The highest BCUT2D eigenvalue weighted by Crippen LogP contribution is 2.61. The zero-order valence-electron chi connectivity index (χ0n) is 12.0. The summed E-state index contributed by atoms with van der Waals surface area (Å²) in [7, 11) is 0. The van der Waals surface area contributed by atoms with Gasteiger partial charge in [0.15, 0.2) is 0 Å². The van der Waals surface area contributed by atoms with Crippen LogP contribution in [-0.4, -0.2) is 58.0 Å². The molecule has 0 aromatic carbocycles. The second-order valence-electron chi connectivity index (χ2n) is 6.39. The van der Waals surface area contributed by atoms with Crippen LogP contribution in [0.2, 0.25) is 0 Å². The van der Waals surface area contributed by atoms with Crippen LogP contribution in [0.25, 0.3) is 0 Å². The van der Waals surface area contributed by atoms with E-state index in [0.29, 0.717) is 6.04 Å². The third-order valence-corrected chi connectivity index (χ3v) is 5.30. The predicted octanol–water partition coefficient (Wildman–Crippen LogP) is 1.21. The second-order valence-corrected chi connectivity index (χ2v) is 6.39. The fourth-order valence-electron chi connectivity index (χ4n) is 4.25. The summed E-state index contributed by atoms with van der Waals surface area (Å²) in [6.45, 7) is 5.49. The van der Waals surface area contributed by atoms with Crippen LogP contribution in [0, 0.1) is 0 Å². The van der Waals surface area contributed by atoms with Gasteiger partial charge in [-0.15, -0.1) is 0 Å². The molecule has 2 atom stereocenters. The highest BCUT2D eigenvalue weighted by Gasteiger charge is 2.74. The summed E-state index contributed by atoms with van der Waals surface area (Å²) in [4.78, 5) is 25.1. The summed E-state index contributed by atoms with van der Waals surface area (Å²) >= 11 is 0. The number of rotatable bonds is 1. The van der Waals surface area contributed by atoms with E-state index in [1.165, 1.54) is 0 Å². The van der Waals surface area contributed by atoms with E-state index in [9.17, 15) is 4.79 Å². The Labute approximate surface area is 119 Å². The molecule has 106 valence electrons. The van der Waals surface area contributed by atoms with E-state index in [4.69, 9.17) is 4.99 Å². The van der Waals surface area contributed by atoms with Crippen LogP contribution < -0.4 is 0 Å². The van der Waals surface area contributed by atoms with Gasteiger partial charge in [0.2, 0.25) is 5.91 Å².